The van der Waals surface area contributed by atoms with Crippen LogP contribution in [0.15, 0.2) is 0 Å². The fraction of sp³-hybridized carbons (Fsp3) is 0. The van der Waals surface area contributed by atoms with Crippen LogP contribution in [0.25, 0.3) is 0 Å². The molecule has 0 aliphatic carbocycles. The second-order valence-electron chi connectivity index (χ2n) is 0.406. The molecule has 0 aliphatic rings. The van der Waals surface area contributed by atoms with Crippen LogP contribution in [0.1, 0.15) is 0 Å². The van der Waals surface area contributed by atoms with Crippen molar-refractivity contribution in [2.45, 2.75) is 0 Å². The van der Waals surface area contributed by atoms with E-state index in [9.17, 15) is 7.35 Å². The quantitative estimate of drug-likeness (QED) is 0.448. The second-order valence-corrected chi connectivity index (χ2v) is 1.67. The third-order valence-electron chi connectivity index (χ3n) is 0.149. The first-order chi connectivity index (χ1) is 2.27. The predicted molar refractivity (Wildman–Crippen MR) is 25.4 cm³/mol. The molecule has 0 fully saturated rings. The Hall–Kier alpha value is 2.26. The number of rotatable bonds is 1. The van der Waals surface area contributed by atoms with Crippen LogP contribution in [0.2, 0.25) is 0 Å². The first-order valence-electron chi connectivity index (χ1n) is 0.956. The molecule has 0 aromatic rings. The smallest absolute Gasteiger partial charge is 0 e. The van der Waals surface area contributed by atoms with E-state index < -0.39 is 15.4 Å². The Kier molecular flexibility index (Phi) is 75.5. The van der Waals surface area contributed by atoms with Crippen LogP contribution < -0.4 is 0 Å². The molecule has 0 saturated carbocycles. The van der Waals surface area contributed by atoms with Gasteiger partial charge in [-0.1, -0.05) is 0 Å². The van der Waals surface area contributed by atoms with Gasteiger partial charge in [0.2, 0.25) is 0 Å². The minimum absolute atomic E-state index is 0. The van der Waals surface area contributed by atoms with Crippen molar-refractivity contribution in [3.63, 3.8) is 0 Å². The molecule has 0 atom stereocenters. The third kappa shape index (κ3) is 38.6. The molecule has 56 valence electrons. The molecule has 5 nitrogen and oxygen atoms in total. The van der Waals surface area contributed by atoms with Crippen LogP contribution in [0, 0.1) is 0 Å². The van der Waals surface area contributed by atoms with Gasteiger partial charge in [0.15, 0.2) is 0 Å². The monoisotopic (exact) mass is 246 g/mol. The molecule has 0 heterocycles. The van der Waals surface area contributed by atoms with E-state index in [-0.39, 0.29) is 78.8 Å². The largest absolute Gasteiger partial charge is 0 e. The van der Waals surface area contributed by atoms with Gasteiger partial charge in [0.25, 0.3) is 0 Å². The van der Waals surface area contributed by atoms with Crippen molar-refractivity contribution in [2.24, 2.45) is 0 Å². The van der Waals surface area contributed by atoms with Crippen molar-refractivity contribution >= 4 is 59.4 Å². The maximum Gasteiger partial charge on any atom is 0 e. The van der Waals surface area contributed by atoms with Crippen molar-refractivity contribution in [1.29, 1.82) is 0 Å². The maximum absolute atomic E-state index is 9.26. The summed E-state index contributed by atoms with van der Waals surface area (Å²) >= 11 is -3.20. The van der Waals surface area contributed by atoms with E-state index in [1.54, 1.807) is 0 Å². The van der Waals surface area contributed by atoms with Gasteiger partial charge in [-0.05, 0) is 0 Å². The zero-order valence-corrected chi connectivity index (χ0v) is 6.37. The number of hydrogen-bond donors (Lipinski definition) is 0. The summed E-state index contributed by atoms with van der Waals surface area (Å²) in [5.41, 5.74) is 0. The van der Waals surface area contributed by atoms with E-state index in [0.717, 1.165) is 8.05 Å². The van der Waals surface area contributed by atoms with Crippen molar-refractivity contribution < 1.29 is 53.8 Å². The molecule has 9 heavy (non-hydrogen) atoms. The van der Waals surface area contributed by atoms with Crippen molar-refractivity contribution in [3.8, 4) is 0 Å². The molecule has 0 saturated heterocycles. The van der Waals surface area contributed by atoms with Crippen LogP contribution >= 0.6 is 0 Å². The first-order valence-corrected chi connectivity index (χ1v) is 2.67. The normalized spacial score (nSPS) is 4.00. The van der Waals surface area contributed by atoms with Gasteiger partial charge in [-0.2, -0.15) is 0 Å². The summed E-state index contributed by atoms with van der Waals surface area (Å²) in [5.74, 6) is 0. The predicted octanol–water partition coefficient (Wildman–Crippen LogP) is -3.53. The summed E-state index contributed by atoms with van der Waals surface area (Å²) in [5, 5.41) is 0. The second kappa shape index (κ2) is 22.5. The van der Waals surface area contributed by atoms with Gasteiger partial charge in [-0.25, -0.2) is 0 Å². The van der Waals surface area contributed by atoms with Gasteiger partial charge in [0, 0.05) is 16.5 Å². The SMILES string of the molecule is B[O][V](=[O])=[O].O.O.[KH].[Ni]. The fourth-order valence-electron chi connectivity index (χ4n) is 0. The van der Waals surface area contributed by atoms with E-state index >= 15 is 0 Å². The fourth-order valence-corrected chi connectivity index (χ4v) is 0. The average Bonchev–Trinajstić information content (AvgIpc) is 1.38. The van der Waals surface area contributed by atoms with Crippen LogP contribution in [0.5, 0.6) is 0 Å². The maximum atomic E-state index is 9.26. The Morgan fingerprint density at radius 3 is 1.33 bits per heavy atom. The summed E-state index contributed by atoms with van der Waals surface area (Å²) in [4.78, 5) is 0. The van der Waals surface area contributed by atoms with Crippen molar-refractivity contribution in [1.82, 2.24) is 0 Å². The first kappa shape index (κ1) is 30.2. The van der Waals surface area contributed by atoms with Gasteiger partial charge < -0.3 is 11.0 Å². The Labute approximate surface area is 111 Å². The van der Waals surface area contributed by atoms with E-state index in [1.165, 1.54) is 0 Å². The molecule has 0 aromatic heterocycles. The molecule has 0 aliphatic heterocycles. The Balaban J connectivity index is -0.0000000133. The van der Waals surface area contributed by atoms with Crippen LogP contribution in [0.4, 0.5) is 0 Å². The third-order valence-corrected chi connectivity index (χ3v) is 0.615. The zero-order chi connectivity index (χ0) is 4.28. The topological polar surface area (TPSA) is 106 Å². The molecular formula is H7BKNiO5V. The molecule has 0 rings (SSSR count). The van der Waals surface area contributed by atoms with Crippen LogP contribution in [-0.2, 0) is 42.8 Å². The van der Waals surface area contributed by atoms with Gasteiger partial charge in [0.1, 0.15) is 0 Å². The molecular weight excluding hydrogens is 240 g/mol. The van der Waals surface area contributed by atoms with E-state index in [0.29, 0.717) is 0 Å². The van der Waals surface area contributed by atoms with Gasteiger partial charge in [0.05, 0.1) is 0 Å². The molecule has 4 N–H and O–H groups in total. The standard InChI is InChI=1S/BH2O.K.Ni.2H2O.2O.V.H/c1-2;;;;;;;;/h1H2;;;2*1H2;;;;/q-1;;;;;;;+1;. The molecule has 0 unspecified atom stereocenters. The van der Waals surface area contributed by atoms with Gasteiger partial charge in [-0.3, -0.25) is 0 Å². The van der Waals surface area contributed by atoms with Crippen molar-refractivity contribution in [2.75, 3.05) is 0 Å². The van der Waals surface area contributed by atoms with E-state index in [2.05, 4.69) is 3.58 Å². The Morgan fingerprint density at radius 1 is 1.22 bits per heavy atom. The molecule has 0 amide bonds. The molecule has 0 bridgehead atoms. The van der Waals surface area contributed by atoms with Crippen LogP contribution in [0.3, 0.4) is 0 Å². The average molecular weight is 247 g/mol. The van der Waals surface area contributed by atoms with Gasteiger partial charge in [-0.15, -0.1) is 0 Å². The molecule has 0 radical (unpaired) electrons. The summed E-state index contributed by atoms with van der Waals surface area (Å²) in [6.45, 7) is 0. The van der Waals surface area contributed by atoms with E-state index in [1.807, 2.05) is 0 Å². The number of hydrogen-bond acceptors (Lipinski definition) is 3. The summed E-state index contributed by atoms with van der Waals surface area (Å²) in [6, 6.07) is 0. The molecule has 0 aromatic carbocycles. The Bertz CT molecular complexity index is 75.0. The minimum Gasteiger partial charge on any atom is 0 e. The van der Waals surface area contributed by atoms with E-state index in [4.69, 9.17) is 0 Å². The summed E-state index contributed by atoms with van der Waals surface area (Å²) in [6.07, 6.45) is 0. The van der Waals surface area contributed by atoms with Crippen molar-refractivity contribution in [3.05, 3.63) is 0 Å². The minimum atomic E-state index is -3.20. The summed E-state index contributed by atoms with van der Waals surface area (Å²) < 4.78 is 22.3. The Morgan fingerprint density at radius 2 is 1.33 bits per heavy atom. The van der Waals surface area contributed by atoms with Gasteiger partial charge >= 0.3 is 85.8 Å². The van der Waals surface area contributed by atoms with Crippen LogP contribution in [-0.4, -0.2) is 70.4 Å². The molecule has 9 heteroatoms. The summed E-state index contributed by atoms with van der Waals surface area (Å²) in [7, 11) is 1.14. The zero-order valence-electron chi connectivity index (χ0n) is 3.99. The molecule has 0 spiro atoms.